The lowest BCUT2D eigenvalue weighted by Gasteiger charge is -2.50. The minimum atomic E-state index is -0.290. The molecule has 2 saturated carbocycles. The first-order valence-electron chi connectivity index (χ1n) is 10.1. The summed E-state index contributed by atoms with van der Waals surface area (Å²) in [5.74, 6) is 3.92. The summed E-state index contributed by atoms with van der Waals surface area (Å²) in [7, 11) is 0. The van der Waals surface area contributed by atoms with Crippen molar-refractivity contribution in [2.24, 2.45) is 28.9 Å². The number of aromatic nitrogens is 4. The SMILES string of the molecule is CCC1CC2CC(C)CC(Cc3noc(C(N)Cc4cnc[nH]4)n3)(C1)C2. The Hall–Kier alpha value is -1.69. The summed E-state index contributed by atoms with van der Waals surface area (Å²) in [6.07, 6.45) is 13.0. The van der Waals surface area contributed by atoms with Crippen molar-refractivity contribution in [2.75, 3.05) is 0 Å². The van der Waals surface area contributed by atoms with E-state index in [0.717, 1.165) is 35.7 Å². The molecule has 2 fully saturated rings. The minimum absolute atomic E-state index is 0.290. The molecule has 5 unspecified atom stereocenters. The highest BCUT2D eigenvalue weighted by atomic mass is 16.5. The van der Waals surface area contributed by atoms with Crippen LogP contribution in [0, 0.1) is 23.2 Å². The van der Waals surface area contributed by atoms with E-state index >= 15 is 0 Å². The van der Waals surface area contributed by atoms with Crippen LogP contribution in [-0.2, 0) is 12.8 Å². The molecule has 0 amide bonds. The van der Waals surface area contributed by atoms with Crippen molar-refractivity contribution in [1.29, 1.82) is 0 Å². The predicted molar refractivity (Wildman–Crippen MR) is 99.2 cm³/mol. The third-order valence-corrected chi connectivity index (χ3v) is 6.53. The first-order valence-corrected chi connectivity index (χ1v) is 10.1. The molecular weight excluding hydrogens is 326 g/mol. The smallest absolute Gasteiger partial charge is 0.243 e. The maximum atomic E-state index is 6.25. The van der Waals surface area contributed by atoms with Crippen molar-refractivity contribution in [3.05, 3.63) is 29.9 Å². The van der Waals surface area contributed by atoms with E-state index < -0.39 is 0 Å². The van der Waals surface area contributed by atoms with Crippen LogP contribution in [0.5, 0.6) is 0 Å². The number of nitrogens with two attached hydrogens (primary N) is 1. The van der Waals surface area contributed by atoms with Crippen LogP contribution >= 0.6 is 0 Å². The van der Waals surface area contributed by atoms with Crippen molar-refractivity contribution >= 4 is 0 Å². The summed E-state index contributed by atoms with van der Waals surface area (Å²) in [6, 6.07) is -0.290. The second kappa shape index (κ2) is 7.14. The van der Waals surface area contributed by atoms with Crippen LogP contribution in [0.2, 0.25) is 0 Å². The summed E-state index contributed by atoms with van der Waals surface area (Å²) in [5, 5.41) is 4.29. The van der Waals surface area contributed by atoms with Crippen molar-refractivity contribution in [2.45, 2.75) is 71.3 Å². The van der Waals surface area contributed by atoms with Gasteiger partial charge in [-0.25, -0.2) is 4.98 Å². The molecular formula is C20H31N5O. The number of hydrogen-bond acceptors (Lipinski definition) is 5. The van der Waals surface area contributed by atoms with Crippen molar-refractivity contribution in [1.82, 2.24) is 20.1 Å². The third-order valence-electron chi connectivity index (χ3n) is 6.53. The van der Waals surface area contributed by atoms with Gasteiger partial charge >= 0.3 is 0 Å². The second-order valence-electron chi connectivity index (χ2n) is 8.94. The molecule has 6 nitrogen and oxygen atoms in total. The predicted octanol–water partition coefficient (Wildman–Crippen LogP) is 3.82. The highest BCUT2D eigenvalue weighted by molar-refractivity contribution is 5.05. The molecule has 3 N–H and O–H groups in total. The first kappa shape index (κ1) is 17.7. The van der Waals surface area contributed by atoms with Crippen LogP contribution in [0.15, 0.2) is 17.0 Å². The molecule has 0 saturated heterocycles. The fourth-order valence-electron chi connectivity index (χ4n) is 5.76. The van der Waals surface area contributed by atoms with Gasteiger partial charge in [0, 0.05) is 24.7 Å². The molecule has 0 radical (unpaired) electrons. The van der Waals surface area contributed by atoms with Crippen LogP contribution in [0.4, 0.5) is 0 Å². The lowest BCUT2D eigenvalue weighted by atomic mass is 9.55. The summed E-state index contributed by atoms with van der Waals surface area (Å²) >= 11 is 0. The third kappa shape index (κ3) is 3.70. The van der Waals surface area contributed by atoms with Crippen LogP contribution < -0.4 is 5.73 Å². The molecule has 4 rings (SSSR count). The molecule has 0 aliphatic heterocycles. The van der Waals surface area contributed by atoms with Gasteiger partial charge in [-0.05, 0) is 55.3 Å². The fraction of sp³-hybridized carbons (Fsp3) is 0.750. The Morgan fingerprint density at radius 3 is 3.00 bits per heavy atom. The van der Waals surface area contributed by atoms with Gasteiger partial charge in [-0.1, -0.05) is 25.4 Å². The average molecular weight is 358 g/mol. The van der Waals surface area contributed by atoms with E-state index in [9.17, 15) is 0 Å². The lowest BCUT2D eigenvalue weighted by molar-refractivity contribution is 0.0105. The van der Waals surface area contributed by atoms with Gasteiger partial charge in [0.1, 0.15) is 0 Å². The second-order valence-corrected chi connectivity index (χ2v) is 8.94. The Kier molecular flexibility index (Phi) is 4.86. The standard InChI is InChI=1S/C20H31N5O/c1-3-14-5-15-4-13(2)7-20(8-14,9-15)10-18-24-19(26-25-18)17(21)6-16-11-22-12-23-16/h11-15,17H,3-10,21H2,1-2H3,(H,22,23). The number of hydrogen-bond donors (Lipinski definition) is 2. The first-order chi connectivity index (χ1) is 12.5. The van der Waals surface area contributed by atoms with Crippen molar-refractivity contribution in [3.63, 3.8) is 0 Å². The number of H-pyrrole nitrogens is 1. The topological polar surface area (TPSA) is 93.6 Å². The maximum Gasteiger partial charge on any atom is 0.243 e. The molecule has 2 aliphatic carbocycles. The summed E-state index contributed by atoms with van der Waals surface area (Å²) < 4.78 is 5.51. The summed E-state index contributed by atoms with van der Waals surface area (Å²) in [5.41, 5.74) is 7.59. The zero-order chi connectivity index (χ0) is 18.1. The van der Waals surface area contributed by atoms with Gasteiger partial charge in [0.05, 0.1) is 12.4 Å². The zero-order valence-corrected chi connectivity index (χ0v) is 15.9. The monoisotopic (exact) mass is 357 g/mol. The molecule has 26 heavy (non-hydrogen) atoms. The number of imidazole rings is 1. The van der Waals surface area contributed by atoms with Crippen molar-refractivity contribution < 1.29 is 4.52 Å². The van der Waals surface area contributed by atoms with Gasteiger partial charge in [-0.2, -0.15) is 4.98 Å². The Morgan fingerprint density at radius 1 is 1.35 bits per heavy atom. The highest BCUT2D eigenvalue weighted by Crippen LogP contribution is 2.54. The van der Waals surface area contributed by atoms with E-state index in [1.165, 1.54) is 38.5 Å². The normalized spacial score (nSPS) is 32.5. The van der Waals surface area contributed by atoms with Gasteiger partial charge in [0.2, 0.25) is 5.89 Å². The van der Waals surface area contributed by atoms with E-state index in [1.807, 2.05) is 0 Å². The van der Waals surface area contributed by atoms with E-state index in [4.69, 9.17) is 10.3 Å². The molecule has 142 valence electrons. The molecule has 2 aliphatic rings. The van der Waals surface area contributed by atoms with E-state index in [1.54, 1.807) is 12.5 Å². The molecule has 2 heterocycles. The summed E-state index contributed by atoms with van der Waals surface area (Å²) in [4.78, 5) is 11.8. The average Bonchev–Trinajstić information content (AvgIpc) is 3.25. The molecule has 2 aromatic rings. The van der Waals surface area contributed by atoms with Crippen LogP contribution in [0.25, 0.3) is 0 Å². The fourth-order valence-corrected chi connectivity index (χ4v) is 5.76. The molecule has 0 aromatic carbocycles. The molecule has 5 atom stereocenters. The van der Waals surface area contributed by atoms with Crippen LogP contribution in [0.3, 0.4) is 0 Å². The van der Waals surface area contributed by atoms with Gasteiger partial charge < -0.3 is 15.2 Å². The molecule has 0 spiro atoms. The zero-order valence-electron chi connectivity index (χ0n) is 15.9. The van der Waals surface area contributed by atoms with Gasteiger partial charge in [-0.3, -0.25) is 0 Å². The quantitative estimate of drug-likeness (QED) is 0.819. The van der Waals surface area contributed by atoms with Crippen molar-refractivity contribution in [3.8, 4) is 0 Å². The Bertz CT molecular complexity index is 708. The highest BCUT2D eigenvalue weighted by Gasteiger charge is 2.45. The Morgan fingerprint density at radius 2 is 2.23 bits per heavy atom. The maximum absolute atomic E-state index is 6.25. The van der Waals surface area contributed by atoms with Gasteiger partial charge in [0.15, 0.2) is 5.82 Å². The van der Waals surface area contributed by atoms with E-state index in [-0.39, 0.29) is 6.04 Å². The van der Waals surface area contributed by atoms with E-state index in [0.29, 0.717) is 17.7 Å². The molecule has 6 heteroatoms. The lowest BCUT2D eigenvalue weighted by Crippen LogP contribution is -2.41. The van der Waals surface area contributed by atoms with Gasteiger partial charge in [-0.15, -0.1) is 0 Å². The van der Waals surface area contributed by atoms with Crippen LogP contribution in [0.1, 0.15) is 75.8 Å². The van der Waals surface area contributed by atoms with Gasteiger partial charge in [0.25, 0.3) is 0 Å². The number of aromatic amines is 1. The van der Waals surface area contributed by atoms with E-state index in [2.05, 4.69) is 34.0 Å². The summed E-state index contributed by atoms with van der Waals surface area (Å²) in [6.45, 7) is 4.75. The minimum Gasteiger partial charge on any atom is -0.348 e. The molecule has 2 aromatic heterocycles. The Labute approximate surface area is 155 Å². The number of fused-ring (bicyclic) bond motifs is 2. The number of nitrogens with zero attached hydrogens (tertiary/aromatic N) is 3. The number of nitrogens with one attached hydrogen (secondary N) is 1. The largest absolute Gasteiger partial charge is 0.348 e. The Balaban J connectivity index is 1.47. The number of rotatable bonds is 6. The van der Waals surface area contributed by atoms with Crippen LogP contribution in [-0.4, -0.2) is 20.1 Å². The molecule has 2 bridgehead atoms.